The van der Waals surface area contributed by atoms with Crippen molar-refractivity contribution in [1.82, 2.24) is 9.97 Å². The summed E-state index contributed by atoms with van der Waals surface area (Å²) in [6, 6.07) is 0. The zero-order chi connectivity index (χ0) is 13.7. The number of anilines is 1. The van der Waals surface area contributed by atoms with Crippen LogP contribution < -0.4 is 4.90 Å². The van der Waals surface area contributed by atoms with Gasteiger partial charge in [0.05, 0.1) is 0 Å². The van der Waals surface area contributed by atoms with E-state index < -0.39 is 5.97 Å². The second-order valence-electron chi connectivity index (χ2n) is 4.85. The molecule has 0 aliphatic carbocycles. The molecule has 0 aromatic carbocycles. The summed E-state index contributed by atoms with van der Waals surface area (Å²) in [7, 11) is 0. The van der Waals surface area contributed by atoms with Gasteiger partial charge in [-0.1, -0.05) is 13.3 Å². The van der Waals surface area contributed by atoms with Crippen molar-refractivity contribution in [3.63, 3.8) is 0 Å². The molecule has 1 atom stereocenters. The number of aromatic nitrogens is 2. The Balaban J connectivity index is 2.03. The summed E-state index contributed by atoms with van der Waals surface area (Å²) < 4.78 is 0. The first-order chi connectivity index (χ1) is 9.19. The third-order valence-electron chi connectivity index (χ3n) is 3.46. The number of carboxylic acid groups (broad SMARTS) is 1. The molecule has 5 nitrogen and oxygen atoms in total. The lowest BCUT2D eigenvalue weighted by atomic mass is 9.96. The standard InChI is InChI=1S/C14H19N3O2/c1-2-11-4-3-7-17(10-11)14-15-8-12(9-16-14)5-6-13(18)19/h5-6,8-9,11H,2-4,7,10H2,1H3,(H,18,19)/b6-5+. The van der Waals surface area contributed by atoms with Gasteiger partial charge in [0, 0.05) is 37.1 Å². The van der Waals surface area contributed by atoms with Crippen LogP contribution in [-0.4, -0.2) is 34.1 Å². The topological polar surface area (TPSA) is 66.3 Å². The fourth-order valence-electron chi connectivity index (χ4n) is 2.33. The minimum absolute atomic E-state index is 0.704. The van der Waals surface area contributed by atoms with Crippen molar-refractivity contribution < 1.29 is 9.90 Å². The third kappa shape index (κ3) is 3.77. The van der Waals surface area contributed by atoms with Crippen LogP contribution in [0.25, 0.3) is 6.08 Å². The summed E-state index contributed by atoms with van der Waals surface area (Å²) in [6.07, 6.45) is 9.57. The molecule has 0 bridgehead atoms. The molecular formula is C14H19N3O2. The monoisotopic (exact) mass is 261 g/mol. The zero-order valence-corrected chi connectivity index (χ0v) is 11.1. The van der Waals surface area contributed by atoms with E-state index in [1.807, 2.05) is 0 Å². The molecule has 5 heteroatoms. The van der Waals surface area contributed by atoms with Gasteiger partial charge >= 0.3 is 5.97 Å². The lowest BCUT2D eigenvalue weighted by Gasteiger charge is -2.32. The number of hydrogen-bond acceptors (Lipinski definition) is 4. The van der Waals surface area contributed by atoms with E-state index >= 15 is 0 Å². The SMILES string of the molecule is CCC1CCCN(c2ncc(/C=C/C(=O)O)cn2)C1. The first-order valence-electron chi connectivity index (χ1n) is 6.67. The Morgan fingerprint density at radius 2 is 2.26 bits per heavy atom. The zero-order valence-electron chi connectivity index (χ0n) is 11.1. The summed E-state index contributed by atoms with van der Waals surface area (Å²) >= 11 is 0. The summed E-state index contributed by atoms with van der Waals surface area (Å²) in [5, 5.41) is 8.55. The van der Waals surface area contributed by atoms with Gasteiger partial charge in [0.25, 0.3) is 0 Å². The summed E-state index contributed by atoms with van der Waals surface area (Å²) in [5.41, 5.74) is 0.704. The van der Waals surface area contributed by atoms with E-state index in [1.54, 1.807) is 12.4 Å². The predicted octanol–water partition coefficient (Wildman–Crippen LogP) is 2.20. The van der Waals surface area contributed by atoms with E-state index in [1.165, 1.54) is 25.3 Å². The Morgan fingerprint density at radius 1 is 1.53 bits per heavy atom. The van der Waals surface area contributed by atoms with E-state index in [4.69, 9.17) is 5.11 Å². The van der Waals surface area contributed by atoms with Crippen molar-refractivity contribution >= 4 is 18.0 Å². The third-order valence-corrected chi connectivity index (χ3v) is 3.46. The van der Waals surface area contributed by atoms with Crippen molar-refractivity contribution in [1.29, 1.82) is 0 Å². The van der Waals surface area contributed by atoms with Crippen LogP contribution in [0.4, 0.5) is 5.95 Å². The van der Waals surface area contributed by atoms with Crippen molar-refractivity contribution in [2.45, 2.75) is 26.2 Å². The maximum atomic E-state index is 10.4. The summed E-state index contributed by atoms with van der Waals surface area (Å²) in [4.78, 5) is 21.3. The molecule has 19 heavy (non-hydrogen) atoms. The van der Waals surface area contributed by atoms with Crippen LogP contribution in [-0.2, 0) is 4.79 Å². The van der Waals surface area contributed by atoms with Gasteiger partial charge < -0.3 is 10.0 Å². The number of rotatable bonds is 4. The normalized spacial score (nSPS) is 19.8. The van der Waals surface area contributed by atoms with Gasteiger partial charge in [-0.2, -0.15) is 0 Å². The van der Waals surface area contributed by atoms with E-state index in [9.17, 15) is 4.79 Å². The highest BCUT2D eigenvalue weighted by Gasteiger charge is 2.20. The number of piperidine rings is 1. The van der Waals surface area contributed by atoms with Gasteiger partial charge in [-0.15, -0.1) is 0 Å². The molecule has 0 radical (unpaired) electrons. The highest BCUT2D eigenvalue weighted by molar-refractivity contribution is 5.85. The minimum Gasteiger partial charge on any atom is -0.478 e. The Bertz CT molecular complexity index is 456. The van der Waals surface area contributed by atoms with E-state index in [2.05, 4.69) is 21.8 Å². The summed E-state index contributed by atoms with van der Waals surface area (Å²) in [5.74, 6) is 0.500. The predicted molar refractivity (Wildman–Crippen MR) is 73.9 cm³/mol. The van der Waals surface area contributed by atoms with Crippen LogP contribution in [0.15, 0.2) is 18.5 Å². The van der Waals surface area contributed by atoms with Crippen LogP contribution in [0.2, 0.25) is 0 Å². The number of carbonyl (C=O) groups is 1. The van der Waals surface area contributed by atoms with Crippen LogP contribution in [0, 0.1) is 5.92 Å². The second kappa shape index (κ2) is 6.31. The Kier molecular flexibility index (Phi) is 4.49. The average Bonchev–Trinajstić information content (AvgIpc) is 2.45. The Labute approximate surface area is 113 Å². The highest BCUT2D eigenvalue weighted by atomic mass is 16.4. The maximum absolute atomic E-state index is 10.4. The number of nitrogens with zero attached hydrogens (tertiary/aromatic N) is 3. The van der Waals surface area contributed by atoms with Crippen LogP contribution in [0.3, 0.4) is 0 Å². The van der Waals surface area contributed by atoms with Crippen molar-refractivity contribution in [3.05, 3.63) is 24.0 Å². The van der Waals surface area contributed by atoms with Crippen LogP contribution >= 0.6 is 0 Å². The molecule has 2 heterocycles. The number of hydrogen-bond donors (Lipinski definition) is 1. The van der Waals surface area contributed by atoms with Gasteiger partial charge in [-0.05, 0) is 24.8 Å². The van der Waals surface area contributed by atoms with E-state index in [0.717, 1.165) is 31.0 Å². The molecule has 0 amide bonds. The van der Waals surface area contributed by atoms with Gasteiger partial charge in [-0.3, -0.25) is 0 Å². The fourth-order valence-corrected chi connectivity index (χ4v) is 2.33. The Hall–Kier alpha value is -1.91. The van der Waals surface area contributed by atoms with Crippen molar-refractivity contribution in [2.75, 3.05) is 18.0 Å². The van der Waals surface area contributed by atoms with Crippen LogP contribution in [0.1, 0.15) is 31.7 Å². The quantitative estimate of drug-likeness (QED) is 0.842. The largest absolute Gasteiger partial charge is 0.478 e. The lowest BCUT2D eigenvalue weighted by molar-refractivity contribution is -0.131. The smallest absolute Gasteiger partial charge is 0.328 e. The number of carboxylic acids is 1. The van der Waals surface area contributed by atoms with E-state index in [0.29, 0.717) is 5.56 Å². The first-order valence-corrected chi connectivity index (χ1v) is 6.67. The molecular weight excluding hydrogens is 242 g/mol. The fraction of sp³-hybridized carbons (Fsp3) is 0.500. The molecule has 1 saturated heterocycles. The highest BCUT2D eigenvalue weighted by Crippen LogP contribution is 2.22. The lowest BCUT2D eigenvalue weighted by Crippen LogP contribution is -2.36. The second-order valence-corrected chi connectivity index (χ2v) is 4.85. The van der Waals surface area contributed by atoms with Gasteiger partial charge in [-0.25, -0.2) is 14.8 Å². The van der Waals surface area contributed by atoms with Crippen molar-refractivity contribution in [3.8, 4) is 0 Å². The molecule has 0 saturated carbocycles. The molecule has 1 aliphatic heterocycles. The van der Waals surface area contributed by atoms with Gasteiger partial charge in [0.15, 0.2) is 0 Å². The maximum Gasteiger partial charge on any atom is 0.328 e. The molecule has 1 fully saturated rings. The molecule has 1 unspecified atom stereocenters. The molecule has 1 aromatic rings. The Morgan fingerprint density at radius 3 is 2.89 bits per heavy atom. The summed E-state index contributed by atoms with van der Waals surface area (Å²) in [6.45, 7) is 4.23. The van der Waals surface area contributed by atoms with Gasteiger partial charge in [0.1, 0.15) is 0 Å². The first kappa shape index (κ1) is 13.5. The molecule has 0 spiro atoms. The molecule has 1 N–H and O–H groups in total. The molecule has 102 valence electrons. The van der Waals surface area contributed by atoms with Gasteiger partial charge in [0.2, 0.25) is 5.95 Å². The van der Waals surface area contributed by atoms with Crippen LogP contribution in [0.5, 0.6) is 0 Å². The van der Waals surface area contributed by atoms with E-state index in [-0.39, 0.29) is 0 Å². The molecule has 1 aliphatic rings. The molecule has 1 aromatic heterocycles. The number of aliphatic carboxylic acids is 1. The molecule has 2 rings (SSSR count). The average molecular weight is 261 g/mol. The minimum atomic E-state index is -0.967. The van der Waals surface area contributed by atoms with Crippen molar-refractivity contribution in [2.24, 2.45) is 5.92 Å².